The Morgan fingerprint density at radius 3 is 2.88 bits per heavy atom. The number of nitrogens with zero attached hydrogens (tertiary/aromatic N) is 2. The second-order valence-electron chi connectivity index (χ2n) is 5.96. The first-order chi connectivity index (χ1) is 11.6. The molecule has 1 saturated heterocycles. The van der Waals surface area contributed by atoms with Gasteiger partial charge in [-0.1, -0.05) is 18.2 Å². The van der Waals surface area contributed by atoms with Crippen LogP contribution in [0.15, 0.2) is 48.7 Å². The summed E-state index contributed by atoms with van der Waals surface area (Å²) in [5, 5.41) is 12.6. The van der Waals surface area contributed by atoms with Crippen molar-refractivity contribution >= 4 is 11.7 Å². The van der Waals surface area contributed by atoms with Gasteiger partial charge in [-0.3, -0.25) is 0 Å². The summed E-state index contributed by atoms with van der Waals surface area (Å²) in [5.74, 6) is 1.09. The van der Waals surface area contributed by atoms with Crippen molar-refractivity contribution in [3.63, 3.8) is 0 Å². The summed E-state index contributed by atoms with van der Waals surface area (Å²) >= 11 is 0. The van der Waals surface area contributed by atoms with Gasteiger partial charge in [-0.2, -0.15) is 0 Å². The summed E-state index contributed by atoms with van der Waals surface area (Å²) in [7, 11) is 0. The van der Waals surface area contributed by atoms with Crippen LogP contribution in [0.4, 0.5) is 10.5 Å². The third-order valence-corrected chi connectivity index (χ3v) is 4.07. The molecule has 6 heteroatoms. The van der Waals surface area contributed by atoms with Gasteiger partial charge in [-0.05, 0) is 38.0 Å². The number of para-hydroxylation sites is 1. The van der Waals surface area contributed by atoms with Gasteiger partial charge in [0.25, 0.3) is 0 Å². The SMILES string of the molecule is C[C@@H]1CC[C@@H](O)CN1C(=O)Nc1ccnc(Oc2ccccc2)c1. The maximum Gasteiger partial charge on any atom is 0.322 e. The van der Waals surface area contributed by atoms with Gasteiger partial charge in [0.15, 0.2) is 0 Å². The zero-order chi connectivity index (χ0) is 16.9. The molecule has 0 unspecified atom stereocenters. The van der Waals surface area contributed by atoms with Crippen LogP contribution in [0.5, 0.6) is 11.6 Å². The number of pyridine rings is 1. The summed E-state index contributed by atoms with van der Waals surface area (Å²) in [6.07, 6.45) is 2.66. The molecule has 0 radical (unpaired) electrons. The molecular formula is C18H21N3O3. The van der Waals surface area contributed by atoms with E-state index in [9.17, 15) is 9.90 Å². The molecular weight excluding hydrogens is 306 g/mol. The Bertz CT molecular complexity index is 693. The van der Waals surface area contributed by atoms with Gasteiger partial charge in [-0.15, -0.1) is 0 Å². The molecule has 126 valence electrons. The van der Waals surface area contributed by atoms with Crippen LogP contribution in [0.3, 0.4) is 0 Å². The summed E-state index contributed by atoms with van der Waals surface area (Å²) in [6.45, 7) is 2.34. The van der Waals surface area contributed by atoms with E-state index in [1.54, 1.807) is 23.2 Å². The molecule has 1 aliphatic rings. The Balaban J connectivity index is 1.67. The van der Waals surface area contributed by atoms with Crippen LogP contribution in [-0.2, 0) is 0 Å². The summed E-state index contributed by atoms with van der Waals surface area (Å²) in [4.78, 5) is 18.2. The largest absolute Gasteiger partial charge is 0.439 e. The van der Waals surface area contributed by atoms with Gasteiger partial charge in [0.1, 0.15) is 5.75 Å². The normalized spacial score (nSPS) is 20.5. The topological polar surface area (TPSA) is 74.7 Å². The highest BCUT2D eigenvalue weighted by Crippen LogP contribution is 2.23. The van der Waals surface area contributed by atoms with Crippen LogP contribution in [0.25, 0.3) is 0 Å². The average Bonchev–Trinajstić information content (AvgIpc) is 2.58. The maximum absolute atomic E-state index is 12.4. The smallest absolute Gasteiger partial charge is 0.322 e. The zero-order valence-corrected chi connectivity index (χ0v) is 13.6. The van der Waals surface area contributed by atoms with Crippen molar-refractivity contribution in [2.45, 2.75) is 31.9 Å². The molecule has 2 N–H and O–H groups in total. The number of urea groups is 1. The molecule has 0 saturated carbocycles. The second kappa shape index (κ2) is 7.31. The van der Waals surface area contributed by atoms with Crippen molar-refractivity contribution in [2.75, 3.05) is 11.9 Å². The van der Waals surface area contributed by atoms with Crippen LogP contribution >= 0.6 is 0 Å². The molecule has 1 aromatic heterocycles. The minimum absolute atomic E-state index is 0.107. The minimum Gasteiger partial charge on any atom is -0.439 e. The fourth-order valence-corrected chi connectivity index (χ4v) is 2.72. The second-order valence-corrected chi connectivity index (χ2v) is 5.96. The molecule has 2 amide bonds. The van der Waals surface area contributed by atoms with Gasteiger partial charge >= 0.3 is 6.03 Å². The number of ether oxygens (including phenoxy) is 1. The van der Waals surface area contributed by atoms with Crippen LogP contribution < -0.4 is 10.1 Å². The molecule has 0 bridgehead atoms. The summed E-state index contributed by atoms with van der Waals surface area (Å²) in [5.41, 5.74) is 0.605. The number of aliphatic hydroxyl groups excluding tert-OH is 1. The molecule has 24 heavy (non-hydrogen) atoms. The van der Waals surface area contributed by atoms with E-state index in [1.165, 1.54) is 0 Å². The molecule has 0 aliphatic carbocycles. The highest BCUT2D eigenvalue weighted by Gasteiger charge is 2.27. The Labute approximate surface area is 141 Å². The highest BCUT2D eigenvalue weighted by molar-refractivity contribution is 5.89. The van der Waals surface area contributed by atoms with Crippen molar-refractivity contribution in [2.24, 2.45) is 0 Å². The van der Waals surface area contributed by atoms with Crippen molar-refractivity contribution in [3.05, 3.63) is 48.7 Å². The number of amides is 2. The van der Waals surface area contributed by atoms with E-state index in [-0.39, 0.29) is 12.1 Å². The fourth-order valence-electron chi connectivity index (χ4n) is 2.72. The zero-order valence-electron chi connectivity index (χ0n) is 13.6. The van der Waals surface area contributed by atoms with Crippen molar-refractivity contribution in [1.29, 1.82) is 0 Å². The predicted octanol–water partition coefficient (Wildman–Crippen LogP) is 3.25. The number of β-amino-alcohol motifs (C(OH)–C–C–N with tert-alkyl or cyclic N) is 1. The average molecular weight is 327 g/mol. The van der Waals surface area contributed by atoms with Crippen LogP contribution in [0.1, 0.15) is 19.8 Å². The standard InChI is InChI=1S/C18H21N3O3/c1-13-7-8-15(22)12-21(13)18(23)20-14-9-10-19-17(11-14)24-16-5-3-2-4-6-16/h2-6,9-11,13,15,22H,7-8,12H2,1H3,(H,19,20,23)/t13-,15-/m1/s1. The molecule has 2 heterocycles. The number of nitrogens with one attached hydrogen (secondary N) is 1. The number of rotatable bonds is 3. The molecule has 2 atom stereocenters. The predicted molar refractivity (Wildman–Crippen MR) is 91.2 cm³/mol. The van der Waals surface area contributed by atoms with Crippen molar-refractivity contribution < 1.29 is 14.6 Å². The molecule has 6 nitrogen and oxygen atoms in total. The molecule has 1 aromatic carbocycles. The first-order valence-corrected chi connectivity index (χ1v) is 8.06. The number of piperidine rings is 1. The monoisotopic (exact) mass is 327 g/mol. The number of hydrogen-bond donors (Lipinski definition) is 2. The van der Waals surface area contributed by atoms with Crippen LogP contribution in [0.2, 0.25) is 0 Å². The number of aliphatic hydroxyl groups is 1. The third kappa shape index (κ3) is 4.02. The Morgan fingerprint density at radius 2 is 2.08 bits per heavy atom. The fraction of sp³-hybridized carbons (Fsp3) is 0.333. The van der Waals surface area contributed by atoms with Gasteiger partial charge in [0.05, 0.1) is 6.10 Å². The van der Waals surface area contributed by atoms with E-state index < -0.39 is 6.10 Å². The van der Waals surface area contributed by atoms with E-state index in [2.05, 4.69) is 10.3 Å². The van der Waals surface area contributed by atoms with Crippen LogP contribution in [0, 0.1) is 0 Å². The van der Waals surface area contributed by atoms with E-state index in [1.807, 2.05) is 37.3 Å². The van der Waals surface area contributed by atoms with E-state index in [4.69, 9.17) is 4.74 Å². The summed E-state index contributed by atoms with van der Waals surface area (Å²) < 4.78 is 5.67. The number of carbonyl (C=O) groups excluding carboxylic acids is 1. The summed E-state index contributed by atoms with van der Waals surface area (Å²) in [6, 6.07) is 12.6. The molecule has 1 aliphatic heterocycles. The van der Waals surface area contributed by atoms with Gasteiger partial charge in [-0.25, -0.2) is 9.78 Å². The highest BCUT2D eigenvalue weighted by atomic mass is 16.5. The van der Waals surface area contributed by atoms with Crippen molar-refractivity contribution in [1.82, 2.24) is 9.88 Å². The number of likely N-dealkylation sites (tertiary alicyclic amines) is 1. The van der Waals surface area contributed by atoms with Crippen molar-refractivity contribution in [3.8, 4) is 11.6 Å². The molecule has 2 aromatic rings. The third-order valence-electron chi connectivity index (χ3n) is 4.07. The molecule has 0 spiro atoms. The lowest BCUT2D eigenvalue weighted by Gasteiger charge is -2.35. The quantitative estimate of drug-likeness (QED) is 0.907. The van der Waals surface area contributed by atoms with Gasteiger partial charge < -0.3 is 20.1 Å². The lowest BCUT2D eigenvalue weighted by molar-refractivity contribution is 0.0640. The Hall–Kier alpha value is -2.60. The Kier molecular flexibility index (Phi) is 4.96. The number of anilines is 1. The number of hydrogen-bond acceptors (Lipinski definition) is 4. The Morgan fingerprint density at radius 1 is 1.29 bits per heavy atom. The van der Waals surface area contributed by atoms with E-state index in [0.29, 0.717) is 23.9 Å². The van der Waals surface area contributed by atoms with E-state index in [0.717, 1.165) is 12.8 Å². The molecule has 3 rings (SSSR count). The number of carbonyl (C=O) groups is 1. The lowest BCUT2D eigenvalue weighted by Crippen LogP contribution is -2.49. The first kappa shape index (κ1) is 16.3. The van der Waals surface area contributed by atoms with Crippen LogP contribution in [-0.4, -0.2) is 39.7 Å². The van der Waals surface area contributed by atoms with E-state index >= 15 is 0 Å². The van der Waals surface area contributed by atoms with Gasteiger partial charge in [0.2, 0.25) is 5.88 Å². The maximum atomic E-state index is 12.4. The molecule has 1 fully saturated rings. The minimum atomic E-state index is -0.457. The first-order valence-electron chi connectivity index (χ1n) is 8.06. The number of aromatic nitrogens is 1. The number of benzene rings is 1. The van der Waals surface area contributed by atoms with Gasteiger partial charge in [0, 0.05) is 30.5 Å². The lowest BCUT2D eigenvalue weighted by atomic mass is 10.0.